The fourth-order valence-electron chi connectivity index (χ4n) is 2.53. The van der Waals surface area contributed by atoms with Gasteiger partial charge in [-0.2, -0.15) is 0 Å². The number of halogens is 1. The summed E-state index contributed by atoms with van der Waals surface area (Å²) in [7, 11) is 0. The van der Waals surface area contributed by atoms with Crippen molar-refractivity contribution in [2.24, 2.45) is 0 Å². The number of hydrogen-bond acceptors (Lipinski definition) is 4. The van der Waals surface area contributed by atoms with Crippen molar-refractivity contribution in [1.82, 2.24) is 15.6 Å². The lowest BCUT2D eigenvalue weighted by Gasteiger charge is -2.23. The molecule has 1 aliphatic heterocycles. The lowest BCUT2D eigenvalue weighted by molar-refractivity contribution is -0.121. The fraction of sp³-hybridized carbons (Fsp3) is 0.375. The van der Waals surface area contributed by atoms with Crippen LogP contribution in [-0.4, -0.2) is 30.0 Å². The average molecular weight is 303 g/mol. The molecule has 0 aliphatic carbocycles. The predicted octanol–water partition coefficient (Wildman–Crippen LogP) is 1.89. The van der Waals surface area contributed by atoms with Crippen molar-refractivity contribution in [2.75, 3.05) is 13.1 Å². The molecule has 1 atom stereocenters. The summed E-state index contributed by atoms with van der Waals surface area (Å²) in [5.41, 5.74) is 1.25. The van der Waals surface area contributed by atoms with E-state index >= 15 is 0 Å². The minimum Gasteiger partial charge on any atom is -0.444 e. The second-order valence-electron chi connectivity index (χ2n) is 5.44. The van der Waals surface area contributed by atoms with E-state index in [0.29, 0.717) is 17.1 Å². The Morgan fingerprint density at radius 1 is 1.41 bits per heavy atom. The Kier molecular flexibility index (Phi) is 4.48. The number of carbonyl (C=O) groups excluding carboxylic acids is 1. The van der Waals surface area contributed by atoms with Gasteiger partial charge in [0, 0.05) is 18.2 Å². The molecule has 2 N–H and O–H groups in total. The third-order valence-corrected chi connectivity index (χ3v) is 3.65. The Morgan fingerprint density at radius 3 is 2.95 bits per heavy atom. The van der Waals surface area contributed by atoms with Crippen LogP contribution in [0.1, 0.15) is 18.5 Å². The van der Waals surface area contributed by atoms with Crippen LogP contribution in [-0.2, 0) is 11.2 Å². The highest BCUT2D eigenvalue weighted by Gasteiger charge is 2.17. The Hall–Kier alpha value is -2.21. The van der Waals surface area contributed by atoms with Crippen LogP contribution < -0.4 is 10.6 Å². The van der Waals surface area contributed by atoms with Crippen LogP contribution in [0.2, 0.25) is 0 Å². The van der Waals surface area contributed by atoms with Crippen molar-refractivity contribution in [2.45, 2.75) is 25.3 Å². The van der Waals surface area contributed by atoms with Gasteiger partial charge in [-0.15, -0.1) is 0 Å². The maximum absolute atomic E-state index is 12.9. The van der Waals surface area contributed by atoms with Crippen molar-refractivity contribution < 1.29 is 13.6 Å². The second kappa shape index (κ2) is 6.70. The molecule has 2 heterocycles. The molecule has 1 amide bonds. The normalized spacial score (nSPS) is 18.1. The van der Waals surface area contributed by atoms with Crippen molar-refractivity contribution in [1.29, 1.82) is 0 Å². The average Bonchev–Trinajstić information content (AvgIpc) is 2.97. The van der Waals surface area contributed by atoms with Crippen molar-refractivity contribution in [3.05, 3.63) is 42.0 Å². The monoisotopic (exact) mass is 303 g/mol. The molecule has 1 saturated heterocycles. The predicted molar refractivity (Wildman–Crippen MR) is 79.6 cm³/mol. The summed E-state index contributed by atoms with van der Waals surface area (Å²) in [5, 5.41) is 6.25. The summed E-state index contributed by atoms with van der Waals surface area (Å²) in [6, 6.07) is 6.08. The summed E-state index contributed by atoms with van der Waals surface area (Å²) in [5.74, 6) is 0.0192. The van der Waals surface area contributed by atoms with E-state index < -0.39 is 0 Å². The number of carbonyl (C=O) groups is 1. The molecular weight excluding hydrogens is 285 g/mol. The maximum Gasteiger partial charge on any atom is 0.226 e. The highest BCUT2D eigenvalue weighted by molar-refractivity contribution is 5.78. The van der Waals surface area contributed by atoms with Crippen molar-refractivity contribution in [3.63, 3.8) is 0 Å². The smallest absolute Gasteiger partial charge is 0.226 e. The molecule has 1 aliphatic rings. The third-order valence-electron chi connectivity index (χ3n) is 3.65. The van der Waals surface area contributed by atoms with Gasteiger partial charge >= 0.3 is 0 Å². The Labute approximate surface area is 127 Å². The summed E-state index contributed by atoms with van der Waals surface area (Å²) >= 11 is 0. The molecule has 6 heteroatoms. The zero-order valence-electron chi connectivity index (χ0n) is 12.1. The number of benzene rings is 1. The van der Waals surface area contributed by atoms with Gasteiger partial charge in [0.1, 0.15) is 12.1 Å². The summed E-state index contributed by atoms with van der Waals surface area (Å²) in [6.45, 7) is 1.82. The van der Waals surface area contributed by atoms with E-state index in [0.717, 1.165) is 25.9 Å². The van der Waals surface area contributed by atoms with Crippen molar-refractivity contribution in [3.8, 4) is 11.5 Å². The van der Waals surface area contributed by atoms with E-state index in [4.69, 9.17) is 4.42 Å². The van der Waals surface area contributed by atoms with E-state index in [1.165, 1.54) is 18.4 Å². The van der Waals surface area contributed by atoms with Crippen LogP contribution in [0.4, 0.5) is 4.39 Å². The Balaban J connectivity index is 1.59. The van der Waals surface area contributed by atoms with Crippen LogP contribution in [0.25, 0.3) is 11.5 Å². The van der Waals surface area contributed by atoms with E-state index in [1.54, 1.807) is 12.1 Å². The number of nitrogens with zero attached hydrogens (tertiary/aromatic N) is 1. The molecule has 1 aromatic carbocycles. The SMILES string of the molecule is O=C(Cc1coc(-c2ccc(F)cc2)n1)N[C@H]1CCCNC1. The summed E-state index contributed by atoms with van der Waals surface area (Å²) in [6.07, 6.45) is 3.72. The highest BCUT2D eigenvalue weighted by atomic mass is 19.1. The largest absolute Gasteiger partial charge is 0.444 e. The third kappa shape index (κ3) is 3.71. The van der Waals surface area contributed by atoms with Gasteiger partial charge in [0.05, 0.1) is 12.1 Å². The molecule has 0 bridgehead atoms. The quantitative estimate of drug-likeness (QED) is 0.905. The van der Waals surface area contributed by atoms with Crippen LogP contribution in [0.5, 0.6) is 0 Å². The Morgan fingerprint density at radius 2 is 2.23 bits per heavy atom. The highest BCUT2D eigenvalue weighted by Crippen LogP contribution is 2.19. The van der Waals surface area contributed by atoms with E-state index in [2.05, 4.69) is 15.6 Å². The molecule has 1 aromatic heterocycles. The zero-order valence-corrected chi connectivity index (χ0v) is 12.1. The van der Waals surface area contributed by atoms with Gasteiger partial charge in [0.15, 0.2) is 0 Å². The number of oxazole rings is 1. The summed E-state index contributed by atoms with van der Waals surface area (Å²) < 4.78 is 18.2. The topological polar surface area (TPSA) is 67.2 Å². The molecule has 0 radical (unpaired) electrons. The van der Waals surface area contributed by atoms with Gasteiger partial charge in [0.25, 0.3) is 0 Å². The molecular formula is C16H18FN3O2. The van der Waals surface area contributed by atoms with Crippen LogP contribution in [0, 0.1) is 5.82 Å². The number of piperidine rings is 1. The Bertz CT molecular complexity index is 633. The first kappa shape index (κ1) is 14.7. The first-order valence-electron chi connectivity index (χ1n) is 7.41. The van der Waals surface area contributed by atoms with Gasteiger partial charge in [-0.3, -0.25) is 4.79 Å². The van der Waals surface area contributed by atoms with E-state index in [9.17, 15) is 9.18 Å². The van der Waals surface area contributed by atoms with Crippen LogP contribution in [0.3, 0.4) is 0 Å². The summed E-state index contributed by atoms with van der Waals surface area (Å²) in [4.78, 5) is 16.3. The number of rotatable bonds is 4. The lowest BCUT2D eigenvalue weighted by atomic mass is 10.1. The van der Waals surface area contributed by atoms with Gasteiger partial charge in [-0.05, 0) is 43.7 Å². The second-order valence-corrected chi connectivity index (χ2v) is 5.44. The molecule has 0 unspecified atom stereocenters. The minimum atomic E-state index is -0.309. The standard InChI is InChI=1S/C16H18FN3O2/c17-12-5-3-11(4-6-12)16-20-14(10-22-16)8-15(21)19-13-2-1-7-18-9-13/h3-6,10,13,18H,1-2,7-9H2,(H,19,21)/t13-/m0/s1. The molecule has 0 spiro atoms. The van der Waals surface area contributed by atoms with E-state index in [1.807, 2.05) is 0 Å². The number of hydrogen-bond donors (Lipinski definition) is 2. The molecule has 116 valence electrons. The first-order valence-corrected chi connectivity index (χ1v) is 7.41. The fourth-order valence-corrected chi connectivity index (χ4v) is 2.53. The van der Waals surface area contributed by atoms with Crippen LogP contribution >= 0.6 is 0 Å². The number of aromatic nitrogens is 1. The van der Waals surface area contributed by atoms with Gasteiger partial charge in [0.2, 0.25) is 11.8 Å². The van der Waals surface area contributed by atoms with E-state index in [-0.39, 0.29) is 24.2 Å². The minimum absolute atomic E-state index is 0.0624. The van der Waals surface area contributed by atoms with Gasteiger partial charge < -0.3 is 15.1 Å². The first-order chi connectivity index (χ1) is 10.7. The molecule has 22 heavy (non-hydrogen) atoms. The molecule has 1 fully saturated rings. The van der Waals surface area contributed by atoms with Crippen molar-refractivity contribution >= 4 is 5.91 Å². The van der Waals surface area contributed by atoms with Gasteiger partial charge in [-0.25, -0.2) is 9.37 Å². The molecule has 3 rings (SSSR count). The molecule has 0 saturated carbocycles. The number of nitrogens with one attached hydrogen (secondary N) is 2. The molecule has 2 aromatic rings. The van der Waals surface area contributed by atoms with Crippen LogP contribution in [0.15, 0.2) is 34.9 Å². The van der Waals surface area contributed by atoms with Gasteiger partial charge in [-0.1, -0.05) is 0 Å². The lowest BCUT2D eigenvalue weighted by Crippen LogP contribution is -2.46. The molecule has 5 nitrogen and oxygen atoms in total. The maximum atomic E-state index is 12.9. The zero-order chi connectivity index (χ0) is 15.4. The number of amides is 1.